The molecule has 0 fully saturated rings. The zero-order valence-corrected chi connectivity index (χ0v) is 23.8. The zero-order chi connectivity index (χ0) is 29.5. The van der Waals surface area contributed by atoms with E-state index in [9.17, 15) is 24.3 Å². The molecular weight excluding hydrogens is 510 g/mol. The highest BCUT2D eigenvalue weighted by molar-refractivity contribution is 5.75. The fraction of sp³-hybridized carbons (Fsp3) is 0.643. The van der Waals surface area contributed by atoms with Crippen molar-refractivity contribution in [3.63, 3.8) is 0 Å². The maximum Gasteiger partial charge on any atom is 0.513 e. The molecule has 0 amide bonds. The molecule has 0 saturated heterocycles. The molecular formula is C28H43NO10. The largest absolute Gasteiger partial charge is 0.513 e. The van der Waals surface area contributed by atoms with Gasteiger partial charge in [-0.1, -0.05) is 40.7 Å². The Morgan fingerprint density at radius 1 is 0.872 bits per heavy atom. The second-order valence-corrected chi connectivity index (χ2v) is 10.2. The summed E-state index contributed by atoms with van der Waals surface area (Å²) in [4.78, 5) is 48.3. The van der Waals surface area contributed by atoms with Crippen molar-refractivity contribution in [3.8, 4) is 11.5 Å². The van der Waals surface area contributed by atoms with Crippen molar-refractivity contribution in [1.82, 2.24) is 0 Å². The molecule has 3 N–H and O–H groups in total. The Morgan fingerprint density at radius 3 is 1.90 bits per heavy atom. The molecule has 1 aromatic rings. The van der Waals surface area contributed by atoms with E-state index in [0.717, 1.165) is 0 Å². The first kappa shape index (κ1) is 33.7. The van der Waals surface area contributed by atoms with Gasteiger partial charge < -0.3 is 34.5 Å². The van der Waals surface area contributed by atoms with Gasteiger partial charge in [-0.25, -0.2) is 9.59 Å². The van der Waals surface area contributed by atoms with Crippen LogP contribution in [0.15, 0.2) is 18.2 Å². The van der Waals surface area contributed by atoms with Gasteiger partial charge in [0.2, 0.25) is 0 Å². The molecule has 0 heterocycles. The summed E-state index contributed by atoms with van der Waals surface area (Å²) >= 11 is 0. The number of carboxylic acids is 1. The molecule has 0 radical (unpaired) electrons. The highest BCUT2D eigenvalue weighted by Gasteiger charge is 2.30. The molecule has 39 heavy (non-hydrogen) atoms. The standard InChI is InChI=1S/C28H43NO10/c1-7-8-24(30)37-19(6)15-21(25(29)26(31)32)20-9-10-22(38-27(33)35-13-11-17(2)3)23(16-20)39-28(34)36-14-12-18(4)5/h9-10,16-19,21,25H,7-8,11-15,29H2,1-6H3,(H,31,32)/t19?,21?,25-/m0/s1. The van der Waals surface area contributed by atoms with E-state index in [4.69, 9.17) is 29.4 Å². The number of carboxylic acid groups (broad SMARTS) is 1. The SMILES string of the molecule is CCCC(=O)OC(C)CC(c1ccc(OC(=O)OCCC(C)C)c(OC(=O)OCCC(C)C)c1)[C@H](N)C(=O)O. The predicted octanol–water partition coefficient (Wildman–Crippen LogP) is 5.43. The van der Waals surface area contributed by atoms with Gasteiger partial charge in [-0.05, 0) is 62.1 Å². The number of esters is 1. The number of carbonyl (C=O) groups is 4. The lowest BCUT2D eigenvalue weighted by Gasteiger charge is -2.25. The number of hydrogen-bond donors (Lipinski definition) is 2. The lowest BCUT2D eigenvalue weighted by Crippen LogP contribution is -2.38. The number of hydrogen-bond acceptors (Lipinski definition) is 10. The van der Waals surface area contributed by atoms with E-state index in [1.165, 1.54) is 18.2 Å². The van der Waals surface area contributed by atoms with Crippen molar-refractivity contribution in [2.24, 2.45) is 17.6 Å². The summed E-state index contributed by atoms with van der Waals surface area (Å²) in [5, 5.41) is 9.62. The summed E-state index contributed by atoms with van der Waals surface area (Å²) in [5.74, 6) is -2.20. The molecule has 11 nitrogen and oxygen atoms in total. The van der Waals surface area contributed by atoms with Crippen LogP contribution < -0.4 is 15.2 Å². The average molecular weight is 554 g/mol. The Bertz CT molecular complexity index is 946. The summed E-state index contributed by atoms with van der Waals surface area (Å²) in [6, 6.07) is 2.84. The van der Waals surface area contributed by atoms with Crippen molar-refractivity contribution >= 4 is 24.2 Å². The molecule has 0 aliphatic rings. The molecule has 3 atom stereocenters. The Kier molecular flexibility index (Phi) is 14.9. The van der Waals surface area contributed by atoms with Crippen LogP contribution in [0, 0.1) is 11.8 Å². The number of rotatable bonds is 16. The number of ether oxygens (including phenoxy) is 5. The van der Waals surface area contributed by atoms with E-state index in [1.807, 2.05) is 34.6 Å². The van der Waals surface area contributed by atoms with E-state index in [1.54, 1.807) is 6.92 Å². The number of benzene rings is 1. The van der Waals surface area contributed by atoms with Crippen molar-refractivity contribution in [2.75, 3.05) is 13.2 Å². The molecule has 0 spiro atoms. The molecule has 220 valence electrons. The minimum absolute atomic E-state index is 0.0820. The van der Waals surface area contributed by atoms with Crippen molar-refractivity contribution in [3.05, 3.63) is 23.8 Å². The normalized spacial score (nSPS) is 13.4. The minimum atomic E-state index is -1.36. The molecule has 11 heteroatoms. The second kappa shape index (κ2) is 17.3. The van der Waals surface area contributed by atoms with Gasteiger partial charge in [0.05, 0.1) is 19.3 Å². The Balaban J connectivity index is 3.25. The van der Waals surface area contributed by atoms with Gasteiger partial charge in [0, 0.05) is 12.3 Å². The van der Waals surface area contributed by atoms with Crippen molar-refractivity contribution in [1.29, 1.82) is 0 Å². The van der Waals surface area contributed by atoms with E-state index in [0.29, 0.717) is 36.7 Å². The fourth-order valence-corrected chi connectivity index (χ4v) is 3.47. The Labute approximate surface area is 230 Å². The van der Waals surface area contributed by atoms with Crippen molar-refractivity contribution < 1.29 is 48.0 Å². The summed E-state index contributed by atoms with van der Waals surface area (Å²) in [6.07, 6.45) is -0.478. The lowest BCUT2D eigenvalue weighted by atomic mass is 9.87. The van der Waals surface area contributed by atoms with Crippen LogP contribution in [-0.4, -0.2) is 54.7 Å². The third-order valence-corrected chi connectivity index (χ3v) is 5.70. The number of aliphatic carboxylic acids is 1. The first-order chi connectivity index (χ1) is 18.3. The first-order valence-corrected chi connectivity index (χ1v) is 13.3. The van der Waals surface area contributed by atoms with Gasteiger partial charge in [0.15, 0.2) is 11.5 Å². The molecule has 1 rings (SSSR count). The predicted molar refractivity (Wildman–Crippen MR) is 143 cm³/mol. The van der Waals surface area contributed by atoms with Crippen LogP contribution >= 0.6 is 0 Å². The van der Waals surface area contributed by atoms with Gasteiger partial charge in [-0.2, -0.15) is 0 Å². The van der Waals surface area contributed by atoms with Gasteiger partial charge in [-0.3, -0.25) is 9.59 Å². The van der Waals surface area contributed by atoms with Gasteiger partial charge in [0.25, 0.3) is 0 Å². The third-order valence-electron chi connectivity index (χ3n) is 5.70. The highest BCUT2D eigenvalue weighted by atomic mass is 16.7. The quantitative estimate of drug-likeness (QED) is 0.153. The topological polar surface area (TPSA) is 161 Å². The average Bonchev–Trinajstić information content (AvgIpc) is 2.82. The van der Waals surface area contributed by atoms with Crippen LogP contribution in [0.4, 0.5) is 9.59 Å². The maximum absolute atomic E-state index is 12.4. The zero-order valence-electron chi connectivity index (χ0n) is 23.8. The minimum Gasteiger partial charge on any atom is -0.480 e. The van der Waals surface area contributed by atoms with Crippen LogP contribution in [0.1, 0.15) is 85.1 Å². The van der Waals surface area contributed by atoms with E-state index < -0.39 is 42.3 Å². The Hall–Kier alpha value is -3.34. The summed E-state index contributed by atoms with van der Waals surface area (Å²) in [5.41, 5.74) is 6.37. The summed E-state index contributed by atoms with van der Waals surface area (Å²) < 4.78 is 26.2. The monoisotopic (exact) mass is 553 g/mol. The molecule has 0 aromatic heterocycles. The number of carbonyl (C=O) groups excluding carboxylic acids is 3. The smallest absolute Gasteiger partial charge is 0.480 e. The molecule has 0 aliphatic heterocycles. The van der Waals surface area contributed by atoms with Crippen LogP contribution in [-0.2, 0) is 23.8 Å². The summed E-state index contributed by atoms with van der Waals surface area (Å²) in [6.45, 7) is 11.7. The first-order valence-electron chi connectivity index (χ1n) is 13.3. The maximum atomic E-state index is 12.4. The van der Waals surface area contributed by atoms with Crippen LogP contribution in [0.25, 0.3) is 0 Å². The number of nitrogens with two attached hydrogens (primary N) is 1. The highest BCUT2D eigenvalue weighted by Crippen LogP contribution is 2.35. The van der Waals surface area contributed by atoms with Crippen LogP contribution in [0.2, 0.25) is 0 Å². The fourth-order valence-electron chi connectivity index (χ4n) is 3.47. The lowest BCUT2D eigenvalue weighted by molar-refractivity contribution is -0.148. The van der Waals surface area contributed by atoms with E-state index >= 15 is 0 Å². The summed E-state index contributed by atoms with van der Waals surface area (Å²) in [7, 11) is 0. The van der Waals surface area contributed by atoms with Gasteiger partial charge in [-0.15, -0.1) is 0 Å². The van der Waals surface area contributed by atoms with Gasteiger partial charge >= 0.3 is 24.2 Å². The van der Waals surface area contributed by atoms with Crippen molar-refractivity contribution in [2.45, 2.75) is 91.7 Å². The third kappa shape index (κ3) is 13.3. The van der Waals surface area contributed by atoms with E-state index in [2.05, 4.69) is 0 Å². The molecule has 2 unspecified atom stereocenters. The van der Waals surface area contributed by atoms with Crippen LogP contribution in [0.3, 0.4) is 0 Å². The molecule has 1 aromatic carbocycles. The molecule has 0 bridgehead atoms. The van der Waals surface area contributed by atoms with Gasteiger partial charge in [0.1, 0.15) is 6.04 Å². The van der Waals surface area contributed by atoms with E-state index in [-0.39, 0.29) is 37.6 Å². The Morgan fingerprint density at radius 2 is 1.41 bits per heavy atom. The molecule has 0 saturated carbocycles. The molecule has 0 aliphatic carbocycles. The second-order valence-electron chi connectivity index (χ2n) is 10.2. The van der Waals surface area contributed by atoms with Crippen LogP contribution in [0.5, 0.6) is 11.5 Å².